The molecule has 2 rings (SSSR count). The molecule has 1 aromatic rings. The van der Waals surface area contributed by atoms with E-state index in [0.717, 1.165) is 12.5 Å². The van der Waals surface area contributed by atoms with Gasteiger partial charge in [0.15, 0.2) is 0 Å². The predicted molar refractivity (Wildman–Crippen MR) is 74.1 cm³/mol. The molecule has 1 N–H and O–H groups in total. The molecule has 1 saturated carbocycles. The monoisotopic (exact) mass is 229 g/mol. The molecule has 0 aromatic heterocycles. The van der Waals surface area contributed by atoms with Crippen LogP contribution in [-0.2, 0) is 0 Å². The summed E-state index contributed by atoms with van der Waals surface area (Å²) in [6, 6.07) is 9.52. The van der Waals surface area contributed by atoms with Crippen LogP contribution in [0.5, 0.6) is 0 Å². The zero-order chi connectivity index (χ0) is 12.3. The maximum Gasteiger partial charge on any atom is 0.0351 e. The zero-order valence-electron chi connectivity index (χ0n) is 11.2. The first kappa shape index (κ1) is 12.4. The smallest absolute Gasteiger partial charge is 0.0351 e. The fraction of sp³-hybridized carbons (Fsp3) is 0.500. The first-order valence-electron chi connectivity index (χ1n) is 6.60. The van der Waals surface area contributed by atoms with Crippen molar-refractivity contribution in [3.63, 3.8) is 0 Å². The molecule has 1 aliphatic carbocycles. The Labute approximate surface area is 105 Å². The maximum atomic E-state index is 3.67. The lowest BCUT2D eigenvalue weighted by molar-refractivity contribution is 0.507. The lowest BCUT2D eigenvalue weighted by Crippen LogP contribution is -2.23. The van der Waals surface area contributed by atoms with Gasteiger partial charge in [-0.3, -0.25) is 0 Å². The topological polar surface area (TPSA) is 12.0 Å². The molecular formula is C16H23N. The van der Waals surface area contributed by atoms with E-state index in [0.29, 0.717) is 6.04 Å². The standard InChI is InChI=1S/C16H23N/c1-12(2)10-11-17-16(15-8-9-15)14-6-4-13(3)5-7-14/h4-7,10,15-17H,8-9,11H2,1-3H3. The van der Waals surface area contributed by atoms with Crippen LogP contribution in [0.15, 0.2) is 35.9 Å². The van der Waals surface area contributed by atoms with Crippen molar-refractivity contribution in [2.75, 3.05) is 6.54 Å². The third-order valence-electron chi connectivity index (χ3n) is 3.38. The van der Waals surface area contributed by atoms with Crippen molar-refractivity contribution >= 4 is 0 Å². The number of hydrogen-bond acceptors (Lipinski definition) is 1. The summed E-state index contributed by atoms with van der Waals surface area (Å²) >= 11 is 0. The molecule has 1 nitrogen and oxygen atoms in total. The van der Waals surface area contributed by atoms with Crippen molar-refractivity contribution in [3.05, 3.63) is 47.0 Å². The summed E-state index contributed by atoms with van der Waals surface area (Å²) in [7, 11) is 0. The molecule has 1 fully saturated rings. The van der Waals surface area contributed by atoms with Crippen molar-refractivity contribution in [2.45, 2.75) is 39.7 Å². The van der Waals surface area contributed by atoms with Crippen LogP contribution in [0.1, 0.15) is 43.9 Å². The summed E-state index contributed by atoms with van der Waals surface area (Å²) in [6.07, 6.45) is 5.02. The van der Waals surface area contributed by atoms with Gasteiger partial charge in [0.1, 0.15) is 0 Å². The fourth-order valence-corrected chi connectivity index (χ4v) is 2.15. The number of rotatable bonds is 5. The summed E-state index contributed by atoms with van der Waals surface area (Å²) in [4.78, 5) is 0. The Hall–Kier alpha value is -1.08. The van der Waals surface area contributed by atoms with Crippen LogP contribution in [0.25, 0.3) is 0 Å². The molecule has 1 heteroatoms. The van der Waals surface area contributed by atoms with Gasteiger partial charge in [-0.25, -0.2) is 0 Å². The van der Waals surface area contributed by atoms with Crippen LogP contribution in [0.4, 0.5) is 0 Å². The normalized spacial score (nSPS) is 16.6. The van der Waals surface area contributed by atoms with Gasteiger partial charge in [-0.05, 0) is 45.1 Å². The summed E-state index contributed by atoms with van der Waals surface area (Å²) < 4.78 is 0. The van der Waals surface area contributed by atoms with Gasteiger partial charge in [0.05, 0.1) is 0 Å². The van der Waals surface area contributed by atoms with E-state index >= 15 is 0 Å². The third-order valence-corrected chi connectivity index (χ3v) is 3.38. The molecular weight excluding hydrogens is 206 g/mol. The van der Waals surface area contributed by atoms with Crippen LogP contribution >= 0.6 is 0 Å². The van der Waals surface area contributed by atoms with E-state index in [1.807, 2.05) is 0 Å². The summed E-state index contributed by atoms with van der Waals surface area (Å²) in [6.45, 7) is 7.43. The van der Waals surface area contributed by atoms with Crippen molar-refractivity contribution < 1.29 is 0 Å². The largest absolute Gasteiger partial charge is 0.306 e. The molecule has 0 saturated heterocycles. The number of benzene rings is 1. The second-order valence-corrected chi connectivity index (χ2v) is 5.42. The lowest BCUT2D eigenvalue weighted by atomic mass is 10.0. The van der Waals surface area contributed by atoms with E-state index in [1.54, 1.807) is 0 Å². The highest BCUT2D eigenvalue weighted by atomic mass is 14.9. The lowest BCUT2D eigenvalue weighted by Gasteiger charge is -2.18. The van der Waals surface area contributed by atoms with E-state index in [4.69, 9.17) is 0 Å². The van der Waals surface area contributed by atoms with Crippen LogP contribution in [-0.4, -0.2) is 6.54 Å². The fourth-order valence-electron chi connectivity index (χ4n) is 2.15. The van der Waals surface area contributed by atoms with Crippen LogP contribution < -0.4 is 5.32 Å². The second kappa shape index (κ2) is 5.50. The Morgan fingerprint density at radius 3 is 2.47 bits per heavy atom. The molecule has 0 bridgehead atoms. The quantitative estimate of drug-likeness (QED) is 0.752. The Morgan fingerprint density at radius 2 is 1.94 bits per heavy atom. The summed E-state index contributed by atoms with van der Waals surface area (Å²) in [5.41, 5.74) is 4.17. The maximum absolute atomic E-state index is 3.67. The van der Waals surface area contributed by atoms with E-state index in [2.05, 4.69) is 56.4 Å². The van der Waals surface area contributed by atoms with Crippen molar-refractivity contribution in [1.82, 2.24) is 5.32 Å². The Kier molecular flexibility index (Phi) is 4.01. The minimum Gasteiger partial charge on any atom is -0.306 e. The van der Waals surface area contributed by atoms with Crippen LogP contribution in [0, 0.1) is 12.8 Å². The molecule has 0 spiro atoms. The molecule has 0 radical (unpaired) electrons. The first-order valence-corrected chi connectivity index (χ1v) is 6.60. The van der Waals surface area contributed by atoms with Crippen LogP contribution in [0.3, 0.4) is 0 Å². The highest BCUT2D eigenvalue weighted by Gasteiger charge is 2.31. The van der Waals surface area contributed by atoms with Crippen molar-refractivity contribution in [3.8, 4) is 0 Å². The molecule has 0 amide bonds. The Bertz CT molecular complexity index is 380. The molecule has 0 heterocycles. The van der Waals surface area contributed by atoms with Gasteiger partial charge in [-0.2, -0.15) is 0 Å². The Morgan fingerprint density at radius 1 is 1.29 bits per heavy atom. The van der Waals surface area contributed by atoms with Crippen molar-refractivity contribution in [1.29, 1.82) is 0 Å². The third kappa shape index (κ3) is 3.71. The van der Waals surface area contributed by atoms with E-state index in [1.165, 1.54) is 29.5 Å². The van der Waals surface area contributed by atoms with Gasteiger partial charge in [0.2, 0.25) is 0 Å². The Balaban J connectivity index is 2.01. The molecule has 1 aliphatic rings. The van der Waals surface area contributed by atoms with Gasteiger partial charge in [0.25, 0.3) is 0 Å². The minimum absolute atomic E-state index is 0.547. The van der Waals surface area contributed by atoms with E-state index in [-0.39, 0.29) is 0 Å². The highest BCUT2D eigenvalue weighted by Crippen LogP contribution is 2.40. The summed E-state index contributed by atoms with van der Waals surface area (Å²) in [5.74, 6) is 0.850. The molecule has 1 atom stereocenters. The van der Waals surface area contributed by atoms with Gasteiger partial charge in [-0.1, -0.05) is 41.5 Å². The number of allylic oxidation sites excluding steroid dienone is 1. The minimum atomic E-state index is 0.547. The SMILES string of the molecule is CC(C)=CCNC(c1ccc(C)cc1)C1CC1. The molecule has 17 heavy (non-hydrogen) atoms. The van der Waals surface area contributed by atoms with Gasteiger partial charge < -0.3 is 5.32 Å². The average molecular weight is 229 g/mol. The van der Waals surface area contributed by atoms with Crippen molar-refractivity contribution in [2.24, 2.45) is 5.92 Å². The van der Waals surface area contributed by atoms with E-state index < -0.39 is 0 Å². The molecule has 1 unspecified atom stereocenters. The van der Waals surface area contributed by atoms with Crippen LogP contribution in [0.2, 0.25) is 0 Å². The molecule has 92 valence electrons. The van der Waals surface area contributed by atoms with E-state index in [9.17, 15) is 0 Å². The number of nitrogens with one attached hydrogen (secondary N) is 1. The molecule has 1 aromatic carbocycles. The van der Waals surface area contributed by atoms with Gasteiger partial charge in [-0.15, -0.1) is 0 Å². The zero-order valence-corrected chi connectivity index (χ0v) is 11.2. The number of aryl methyl sites for hydroxylation is 1. The predicted octanol–water partition coefficient (Wildman–Crippen LogP) is 4.00. The number of hydrogen-bond donors (Lipinski definition) is 1. The highest BCUT2D eigenvalue weighted by molar-refractivity contribution is 5.25. The summed E-state index contributed by atoms with van der Waals surface area (Å²) in [5, 5.41) is 3.67. The molecule has 0 aliphatic heterocycles. The van der Waals surface area contributed by atoms with Gasteiger partial charge >= 0.3 is 0 Å². The average Bonchev–Trinajstić information content (AvgIpc) is 3.10. The second-order valence-electron chi connectivity index (χ2n) is 5.42. The van der Waals surface area contributed by atoms with Gasteiger partial charge in [0, 0.05) is 12.6 Å². The first-order chi connectivity index (χ1) is 8.16.